The number of carboxylic acid groups (broad SMARTS) is 2. The molecule has 0 aromatic heterocycles. The molecule has 0 bridgehead atoms. The summed E-state index contributed by atoms with van der Waals surface area (Å²) in [5, 5.41) is 28.9. The molecule has 96 heavy (non-hydrogen) atoms. The number of aliphatic carboxylic acids is 2. The van der Waals surface area contributed by atoms with Crippen LogP contribution in [-0.2, 0) is 90.4 Å². The second kappa shape index (κ2) is 55.1. The zero-order chi connectivity index (χ0) is 71.1. The molecule has 1 saturated carbocycles. The van der Waals surface area contributed by atoms with E-state index in [-0.39, 0.29) is 68.3 Å². The number of guanidine groups is 1. The third-order valence-electron chi connectivity index (χ3n) is 13.5. The van der Waals surface area contributed by atoms with Gasteiger partial charge in [0.25, 0.3) is 0 Å². The molecular formula is C59H98ClF6N9O21. The topological polar surface area (TPSA) is 398 Å². The Labute approximate surface area is 559 Å². The molecule has 11 N–H and O–H groups in total. The normalized spacial score (nSPS) is 14.8. The number of nitrogens with zero attached hydrogens (tertiary/aromatic N) is 2. The minimum Gasteiger partial charge on any atom is -0.475 e. The summed E-state index contributed by atoms with van der Waals surface area (Å²) >= 11 is 5.95. The minimum absolute atomic E-state index is 0.0686. The quantitative estimate of drug-likeness (QED) is 0.0148. The number of carbonyl (C=O) groups excluding carboxylic acids is 5. The van der Waals surface area contributed by atoms with Crippen molar-refractivity contribution in [3.05, 3.63) is 29.3 Å². The first-order valence-corrected chi connectivity index (χ1v) is 31.7. The van der Waals surface area contributed by atoms with Crippen molar-refractivity contribution in [2.45, 2.75) is 101 Å². The Balaban J connectivity index is 0.00000294. The molecule has 1 aromatic rings. The zero-order valence-corrected chi connectivity index (χ0v) is 55.1. The first-order chi connectivity index (χ1) is 45.9. The molecule has 1 aliphatic heterocycles. The Kier molecular flexibility index (Phi) is 50.6. The molecule has 30 nitrogen and oxygen atoms in total. The van der Waals surface area contributed by atoms with Gasteiger partial charge in [-0.3, -0.25) is 33.9 Å². The van der Waals surface area contributed by atoms with Gasteiger partial charge in [-0.15, -0.1) is 0 Å². The number of carbonyl (C=O) groups is 7. The number of ether oxygens (including phenoxy) is 12. The van der Waals surface area contributed by atoms with E-state index in [1.165, 1.54) is 0 Å². The van der Waals surface area contributed by atoms with Crippen LogP contribution in [-0.4, -0.2) is 284 Å². The predicted octanol–water partition coefficient (Wildman–Crippen LogP) is 2.21. The fourth-order valence-electron chi connectivity index (χ4n) is 8.91. The lowest BCUT2D eigenvalue weighted by atomic mass is 9.73. The van der Waals surface area contributed by atoms with E-state index in [2.05, 4.69) is 36.5 Å². The third kappa shape index (κ3) is 47.9. The van der Waals surface area contributed by atoms with E-state index in [0.29, 0.717) is 195 Å². The standard InChI is InChI=1S/C55H96ClN9O17.2C2HF3O2/c1-71-22-23-73-26-27-75-30-31-77-34-35-79-38-39-81-42-43-82-41-40-80-37-36-78-33-32-76-29-28-74-25-24-72-21-18-59-49(66)11-12-50(67)64-48(6-5-16-61-54(57)58)51(68)60-17-20-65-19-13-47(44-55(65)14-3-2-4-15-55)63-53(70)52(69)62-46-9-7-45(56)8-10-46;2*3-2(4,5)1(6)7/h7-10,47-48H,2-6,11-44H2,1H3,(H,59,66)(H,60,68)(H,62,69)(H,63,70)(H,64,67)(H4,57,58,61);2*(H,6,7)/t47?,48-;;/m0../s1. The number of halogens is 7. The molecule has 37 heteroatoms. The number of anilines is 1. The summed E-state index contributed by atoms with van der Waals surface area (Å²) < 4.78 is 129. The highest BCUT2D eigenvalue weighted by atomic mass is 35.5. The van der Waals surface area contributed by atoms with E-state index in [1.807, 2.05) is 0 Å². The number of piperidine rings is 1. The predicted molar refractivity (Wildman–Crippen MR) is 334 cm³/mol. The van der Waals surface area contributed by atoms with E-state index in [4.69, 9.17) is 99.7 Å². The number of rotatable bonds is 50. The van der Waals surface area contributed by atoms with Crippen LogP contribution in [0.5, 0.6) is 0 Å². The molecule has 0 radical (unpaired) electrons. The number of aliphatic imine (C=N–C) groups is 1. The summed E-state index contributed by atoms with van der Waals surface area (Å²) in [7, 11) is 1.64. The van der Waals surface area contributed by atoms with Gasteiger partial charge in [-0.1, -0.05) is 30.9 Å². The molecule has 554 valence electrons. The van der Waals surface area contributed by atoms with Crippen molar-refractivity contribution >= 4 is 64.7 Å². The SMILES string of the molecule is COCCOCCOCCOCCOCCOCCOCCOCCOCCOCCOCCOCCNC(=O)CCC(=O)N[C@@H](CCCN=C(N)N)C(=O)NCCN1CCC(NC(=O)C(=O)Nc2ccc(Cl)cc2)CC12CCCCC2.O=C(O)C(F)(F)F.O=C(O)C(F)(F)F. The van der Waals surface area contributed by atoms with Crippen LogP contribution in [0.15, 0.2) is 29.3 Å². The van der Waals surface area contributed by atoms with Crippen molar-refractivity contribution in [2.75, 3.05) is 197 Å². The van der Waals surface area contributed by atoms with Crippen LogP contribution in [0.4, 0.5) is 32.0 Å². The van der Waals surface area contributed by atoms with Gasteiger partial charge in [0.1, 0.15) is 6.04 Å². The van der Waals surface area contributed by atoms with Gasteiger partial charge in [0.2, 0.25) is 17.7 Å². The van der Waals surface area contributed by atoms with Crippen LogP contribution in [0.1, 0.15) is 70.6 Å². The van der Waals surface area contributed by atoms with Crippen LogP contribution in [0.25, 0.3) is 0 Å². The third-order valence-corrected chi connectivity index (χ3v) is 13.8. The summed E-state index contributed by atoms with van der Waals surface area (Å²) in [6, 6.07) is 5.49. The number of nitrogens with two attached hydrogens (primary N) is 2. The van der Waals surface area contributed by atoms with Crippen molar-refractivity contribution < 1.29 is 127 Å². The van der Waals surface area contributed by atoms with Gasteiger partial charge in [-0.05, 0) is 62.8 Å². The zero-order valence-electron chi connectivity index (χ0n) is 54.4. The Bertz CT molecular complexity index is 2280. The van der Waals surface area contributed by atoms with Crippen LogP contribution in [0, 0.1) is 0 Å². The number of hydrogen-bond donors (Lipinski definition) is 9. The summed E-state index contributed by atoms with van der Waals surface area (Å²) in [6.45, 7) is 12.7. The molecular weight excluding hydrogens is 1320 g/mol. The molecule has 1 saturated heterocycles. The first-order valence-electron chi connectivity index (χ1n) is 31.4. The van der Waals surface area contributed by atoms with E-state index in [1.54, 1.807) is 31.4 Å². The second-order valence-corrected chi connectivity index (χ2v) is 21.4. The Morgan fingerprint density at radius 3 is 1.41 bits per heavy atom. The van der Waals surface area contributed by atoms with Crippen LogP contribution in [0.2, 0.25) is 5.02 Å². The Morgan fingerprint density at radius 1 is 0.594 bits per heavy atom. The fraction of sp³-hybridized carbons (Fsp3) is 0.763. The molecule has 2 aliphatic rings. The molecule has 1 aromatic carbocycles. The first kappa shape index (κ1) is 88.1. The smallest absolute Gasteiger partial charge is 0.475 e. The lowest BCUT2D eigenvalue weighted by molar-refractivity contribution is -0.193. The Morgan fingerprint density at radius 2 is 1.00 bits per heavy atom. The molecule has 2 atom stereocenters. The van der Waals surface area contributed by atoms with Gasteiger partial charge in [0, 0.05) is 75.0 Å². The number of carboxylic acids is 2. The highest BCUT2D eigenvalue weighted by molar-refractivity contribution is 6.39. The number of hydrogen-bond acceptors (Lipinski definition) is 21. The van der Waals surface area contributed by atoms with E-state index < -0.39 is 48.1 Å². The molecule has 1 spiro atoms. The number of amides is 5. The van der Waals surface area contributed by atoms with Gasteiger partial charge in [0.15, 0.2) is 5.96 Å². The van der Waals surface area contributed by atoms with Gasteiger partial charge in [0.05, 0.1) is 152 Å². The van der Waals surface area contributed by atoms with Crippen molar-refractivity contribution in [1.82, 2.24) is 26.2 Å². The maximum absolute atomic E-state index is 13.6. The molecule has 5 amide bonds. The van der Waals surface area contributed by atoms with Crippen molar-refractivity contribution in [2.24, 2.45) is 16.5 Å². The number of alkyl halides is 6. The summed E-state index contributed by atoms with van der Waals surface area (Å²) in [5.74, 6) is -8.13. The van der Waals surface area contributed by atoms with Crippen molar-refractivity contribution in [3.63, 3.8) is 0 Å². The maximum Gasteiger partial charge on any atom is 0.490 e. The van der Waals surface area contributed by atoms with Crippen LogP contribution in [0.3, 0.4) is 0 Å². The molecule has 2 fully saturated rings. The van der Waals surface area contributed by atoms with E-state index >= 15 is 0 Å². The monoisotopic (exact) mass is 1420 g/mol. The average molecular weight is 1420 g/mol. The van der Waals surface area contributed by atoms with Gasteiger partial charge >= 0.3 is 36.1 Å². The maximum atomic E-state index is 13.6. The fourth-order valence-corrected chi connectivity index (χ4v) is 9.04. The van der Waals surface area contributed by atoms with Gasteiger partial charge in [-0.25, -0.2) is 9.59 Å². The number of nitrogens with one attached hydrogen (secondary N) is 5. The summed E-state index contributed by atoms with van der Waals surface area (Å²) in [5.41, 5.74) is 11.3. The summed E-state index contributed by atoms with van der Waals surface area (Å²) in [6.07, 6.45) is -3.21. The highest BCUT2D eigenvalue weighted by Gasteiger charge is 2.44. The van der Waals surface area contributed by atoms with Crippen molar-refractivity contribution in [1.29, 1.82) is 0 Å². The van der Waals surface area contributed by atoms with Crippen LogP contribution >= 0.6 is 11.6 Å². The average Bonchev–Trinajstić information content (AvgIpc) is 0.800. The minimum atomic E-state index is -5.08. The van der Waals surface area contributed by atoms with Crippen LogP contribution < -0.4 is 38.1 Å². The van der Waals surface area contributed by atoms with Gasteiger partial charge in [-0.2, -0.15) is 26.3 Å². The lowest BCUT2D eigenvalue weighted by Crippen LogP contribution is -2.61. The number of likely N-dealkylation sites (tertiary alicyclic amines) is 1. The molecule has 1 heterocycles. The van der Waals surface area contributed by atoms with Crippen molar-refractivity contribution in [3.8, 4) is 0 Å². The lowest BCUT2D eigenvalue weighted by Gasteiger charge is -2.52. The molecule has 1 aliphatic carbocycles. The number of benzene rings is 1. The number of methoxy groups -OCH3 is 1. The summed E-state index contributed by atoms with van der Waals surface area (Å²) in [4.78, 5) is 88.9. The highest BCUT2D eigenvalue weighted by Crippen LogP contribution is 2.40. The molecule has 3 rings (SSSR count). The van der Waals surface area contributed by atoms with Gasteiger partial charge < -0.3 is 105 Å². The second-order valence-electron chi connectivity index (χ2n) is 20.9. The molecule has 1 unspecified atom stereocenters. The Hall–Kier alpha value is -5.87. The van der Waals surface area contributed by atoms with E-state index in [0.717, 1.165) is 32.1 Å². The van der Waals surface area contributed by atoms with E-state index in [9.17, 15) is 50.3 Å². The largest absolute Gasteiger partial charge is 0.490 e.